The molecule has 0 unspecified atom stereocenters. The van der Waals surface area contributed by atoms with Crippen LogP contribution in [-0.4, -0.2) is 18.0 Å². The van der Waals surface area contributed by atoms with E-state index in [2.05, 4.69) is 4.90 Å². The second kappa shape index (κ2) is 7.38. The highest BCUT2D eigenvalue weighted by molar-refractivity contribution is 5.86. The van der Waals surface area contributed by atoms with E-state index >= 15 is 0 Å². The Morgan fingerprint density at radius 2 is 1.23 bits per heavy atom. The second-order valence-corrected chi connectivity index (χ2v) is 6.78. The number of rotatable bonds is 4. The van der Waals surface area contributed by atoms with Crippen molar-refractivity contribution >= 4 is 0 Å². The largest absolute Gasteiger partial charge is 0.299 e. The van der Waals surface area contributed by atoms with Crippen molar-refractivity contribution in [1.82, 2.24) is 4.90 Å². The molecule has 132 valence electrons. The Hall–Kier alpha value is -2.52. The zero-order valence-corrected chi connectivity index (χ0v) is 14.6. The fraction of sp³-hybridized carbons (Fsp3) is 0.217. The molecule has 4 rings (SSSR count). The summed E-state index contributed by atoms with van der Waals surface area (Å²) < 4.78 is 29.2. The number of hydrogen-bond donors (Lipinski definition) is 0. The highest BCUT2D eigenvalue weighted by Gasteiger charge is 2.20. The van der Waals surface area contributed by atoms with Crippen LogP contribution in [0.4, 0.5) is 8.78 Å². The van der Waals surface area contributed by atoms with Crippen LogP contribution in [0.25, 0.3) is 22.3 Å². The van der Waals surface area contributed by atoms with Crippen LogP contribution in [0.2, 0.25) is 0 Å². The van der Waals surface area contributed by atoms with E-state index in [1.807, 2.05) is 30.3 Å². The Labute approximate surface area is 152 Å². The van der Waals surface area contributed by atoms with Gasteiger partial charge in [-0.05, 0) is 54.8 Å². The van der Waals surface area contributed by atoms with E-state index in [0.29, 0.717) is 11.1 Å². The third-order valence-corrected chi connectivity index (χ3v) is 5.05. The maximum Gasteiger partial charge on any atom is 0.131 e. The Morgan fingerprint density at radius 3 is 1.88 bits per heavy atom. The molecule has 1 aliphatic heterocycles. The SMILES string of the molecule is Fc1ccccc1-c1cccc(CN2CCCC2)c1-c1ccccc1F. The van der Waals surface area contributed by atoms with E-state index in [1.165, 1.54) is 25.0 Å². The van der Waals surface area contributed by atoms with Gasteiger partial charge in [0.1, 0.15) is 11.6 Å². The van der Waals surface area contributed by atoms with E-state index in [9.17, 15) is 8.78 Å². The molecule has 0 bridgehead atoms. The van der Waals surface area contributed by atoms with Gasteiger partial charge in [0.05, 0.1) is 0 Å². The molecule has 0 saturated carbocycles. The standard InChI is InChI=1S/C23H21F2N/c24-21-12-3-1-9-18(21)19-11-7-8-17(16-26-14-5-6-15-26)23(19)20-10-2-4-13-22(20)25/h1-4,7-13H,5-6,14-16H2. The van der Waals surface area contributed by atoms with Crippen LogP contribution < -0.4 is 0 Å². The van der Waals surface area contributed by atoms with Crippen molar-refractivity contribution in [2.75, 3.05) is 13.1 Å². The van der Waals surface area contributed by atoms with E-state index in [-0.39, 0.29) is 11.6 Å². The predicted molar refractivity (Wildman–Crippen MR) is 102 cm³/mol. The van der Waals surface area contributed by atoms with Gasteiger partial charge in [-0.1, -0.05) is 54.6 Å². The van der Waals surface area contributed by atoms with Crippen LogP contribution in [0.3, 0.4) is 0 Å². The average Bonchev–Trinajstić information content (AvgIpc) is 3.16. The lowest BCUT2D eigenvalue weighted by Crippen LogP contribution is -2.19. The summed E-state index contributed by atoms with van der Waals surface area (Å²) in [6.07, 6.45) is 2.39. The molecule has 1 aliphatic rings. The van der Waals surface area contributed by atoms with Gasteiger partial charge in [-0.3, -0.25) is 4.90 Å². The summed E-state index contributed by atoms with van der Waals surface area (Å²) in [5.74, 6) is -0.567. The van der Waals surface area contributed by atoms with E-state index in [1.54, 1.807) is 24.3 Å². The van der Waals surface area contributed by atoms with Crippen LogP contribution in [0.15, 0.2) is 66.7 Å². The molecule has 0 amide bonds. The zero-order valence-electron chi connectivity index (χ0n) is 14.6. The van der Waals surface area contributed by atoms with Crippen molar-refractivity contribution in [1.29, 1.82) is 0 Å². The van der Waals surface area contributed by atoms with Crippen LogP contribution in [-0.2, 0) is 6.54 Å². The Bertz CT molecular complexity index is 914. The quantitative estimate of drug-likeness (QED) is 0.567. The molecule has 1 saturated heterocycles. The van der Waals surface area contributed by atoms with Crippen molar-refractivity contribution in [3.05, 3.63) is 83.9 Å². The van der Waals surface area contributed by atoms with Gasteiger partial charge in [0.25, 0.3) is 0 Å². The Morgan fingerprint density at radius 1 is 0.654 bits per heavy atom. The average molecular weight is 349 g/mol. The van der Waals surface area contributed by atoms with Gasteiger partial charge in [0.2, 0.25) is 0 Å². The third kappa shape index (κ3) is 3.27. The third-order valence-electron chi connectivity index (χ3n) is 5.05. The summed E-state index contributed by atoms with van der Waals surface area (Å²) in [5.41, 5.74) is 3.61. The fourth-order valence-corrected chi connectivity index (χ4v) is 3.80. The predicted octanol–water partition coefficient (Wildman–Crippen LogP) is 5.89. The van der Waals surface area contributed by atoms with Gasteiger partial charge >= 0.3 is 0 Å². The summed E-state index contributed by atoms with van der Waals surface area (Å²) in [6.45, 7) is 2.87. The first-order valence-electron chi connectivity index (χ1n) is 9.08. The maximum absolute atomic E-state index is 14.7. The first kappa shape index (κ1) is 16.9. The molecule has 0 aromatic heterocycles. The monoisotopic (exact) mass is 349 g/mol. The van der Waals surface area contributed by atoms with Crippen molar-refractivity contribution in [3.8, 4) is 22.3 Å². The highest BCUT2D eigenvalue weighted by Crippen LogP contribution is 2.38. The number of nitrogens with zero attached hydrogens (tertiary/aromatic N) is 1. The van der Waals surface area contributed by atoms with Crippen LogP contribution in [0.1, 0.15) is 18.4 Å². The lowest BCUT2D eigenvalue weighted by Gasteiger charge is -2.21. The number of halogens is 2. The molecule has 3 heteroatoms. The lowest BCUT2D eigenvalue weighted by molar-refractivity contribution is 0.332. The van der Waals surface area contributed by atoms with E-state index < -0.39 is 0 Å². The molecule has 26 heavy (non-hydrogen) atoms. The molecular formula is C23H21F2N. The zero-order chi connectivity index (χ0) is 17.9. The number of likely N-dealkylation sites (tertiary alicyclic amines) is 1. The summed E-state index contributed by atoms with van der Waals surface area (Å²) in [7, 11) is 0. The minimum Gasteiger partial charge on any atom is -0.299 e. The molecule has 0 N–H and O–H groups in total. The topological polar surface area (TPSA) is 3.24 Å². The normalized spacial score (nSPS) is 14.7. The molecule has 0 radical (unpaired) electrons. The number of benzene rings is 3. The molecular weight excluding hydrogens is 328 g/mol. The molecule has 0 aliphatic carbocycles. The molecule has 3 aromatic carbocycles. The van der Waals surface area contributed by atoms with Crippen molar-refractivity contribution < 1.29 is 8.78 Å². The summed E-state index contributed by atoms with van der Waals surface area (Å²) in [6, 6.07) is 19.3. The van der Waals surface area contributed by atoms with Gasteiger partial charge in [0, 0.05) is 17.7 Å². The number of hydrogen-bond acceptors (Lipinski definition) is 1. The minimum atomic E-state index is -0.289. The second-order valence-electron chi connectivity index (χ2n) is 6.78. The van der Waals surface area contributed by atoms with Crippen LogP contribution in [0, 0.1) is 11.6 Å². The first-order chi connectivity index (χ1) is 12.7. The van der Waals surface area contributed by atoms with Gasteiger partial charge < -0.3 is 0 Å². The lowest BCUT2D eigenvalue weighted by atomic mass is 9.89. The van der Waals surface area contributed by atoms with Gasteiger partial charge in [-0.15, -0.1) is 0 Å². The molecule has 1 nitrogen and oxygen atoms in total. The molecule has 1 heterocycles. The van der Waals surface area contributed by atoms with Crippen LogP contribution >= 0.6 is 0 Å². The summed E-state index contributed by atoms with van der Waals surface area (Å²) >= 11 is 0. The van der Waals surface area contributed by atoms with Crippen molar-refractivity contribution in [3.63, 3.8) is 0 Å². The Balaban J connectivity index is 1.91. The van der Waals surface area contributed by atoms with Crippen LogP contribution in [0.5, 0.6) is 0 Å². The van der Waals surface area contributed by atoms with E-state index in [0.717, 1.165) is 36.3 Å². The van der Waals surface area contributed by atoms with Crippen molar-refractivity contribution in [2.24, 2.45) is 0 Å². The maximum atomic E-state index is 14.7. The Kier molecular flexibility index (Phi) is 4.81. The summed E-state index contributed by atoms with van der Waals surface area (Å²) in [5, 5.41) is 0. The minimum absolute atomic E-state index is 0.279. The van der Waals surface area contributed by atoms with Crippen molar-refractivity contribution in [2.45, 2.75) is 19.4 Å². The summed E-state index contributed by atoms with van der Waals surface area (Å²) in [4.78, 5) is 2.38. The smallest absolute Gasteiger partial charge is 0.131 e. The molecule has 0 atom stereocenters. The van der Waals surface area contributed by atoms with E-state index in [4.69, 9.17) is 0 Å². The van der Waals surface area contributed by atoms with Gasteiger partial charge in [0.15, 0.2) is 0 Å². The fourth-order valence-electron chi connectivity index (χ4n) is 3.80. The highest BCUT2D eigenvalue weighted by atomic mass is 19.1. The molecule has 0 spiro atoms. The molecule has 3 aromatic rings. The van der Waals surface area contributed by atoms with Gasteiger partial charge in [-0.2, -0.15) is 0 Å². The first-order valence-corrected chi connectivity index (χ1v) is 9.08. The van der Waals surface area contributed by atoms with Gasteiger partial charge in [-0.25, -0.2) is 8.78 Å². The molecule has 1 fully saturated rings.